The maximum absolute atomic E-state index is 11.3. The van der Waals surface area contributed by atoms with Crippen molar-refractivity contribution in [2.24, 2.45) is 0 Å². The molecule has 0 spiro atoms. The van der Waals surface area contributed by atoms with Crippen LogP contribution >= 0.6 is 11.8 Å². The minimum atomic E-state index is -3.08. The van der Waals surface area contributed by atoms with Gasteiger partial charge >= 0.3 is 0 Å². The lowest BCUT2D eigenvalue weighted by Crippen LogP contribution is -2.28. The molecule has 0 saturated heterocycles. The van der Waals surface area contributed by atoms with Gasteiger partial charge in [0.05, 0.1) is 4.90 Å². The van der Waals surface area contributed by atoms with E-state index in [4.69, 9.17) is 0 Å². The van der Waals surface area contributed by atoms with E-state index in [1.807, 2.05) is 12.1 Å². The molecule has 0 aliphatic heterocycles. The molecule has 1 rings (SSSR count). The molecule has 0 amide bonds. The van der Waals surface area contributed by atoms with Crippen LogP contribution in [0, 0.1) is 0 Å². The summed E-state index contributed by atoms with van der Waals surface area (Å²) in [4.78, 5) is 1.48. The second-order valence-corrected chi connectivity index (χ2v) is 7.52. The maximum atomic E-state index is 11.3. The first-order valence-electron chi connectivity index (χ1n) is 6.09. The molecule has 0 aromatic heterocycles. The minimum absolute atomic E-state index is 0.379. The summed E-state index contributed by atoms with van der Waals surface area (Å²) in [6, 6.07) is 7.54. The lowest BCUT2D eigenvalue weighted by atomic mass is 10.3. The molecule has 0 aliphatic carbocycles. The van der Waals surface area contributed by atoms with Crippen LogP contribution in [0.25, 0.3) is 0 Å². The Morgan fingerprint density at radius 1 is 1.28 bits per heavy atom. The van der Waals surface area contributed by atoms with Gasteiger partial charge in [-0.1, -0.05) is 6.92 Å². The van der Waals surface area contributed by atoms with Crippen molar-refractivity contribution in [2.75, 3.05) is 18.6 Å². The monoisotopic (exact) mass is 287 g/mol. The second-order valence-electron chi connectivity index (χ2n) is 4.41. The van der Waals surface area contributed by atoms with Gasteiger partial charge < -0.3 is 5.32 Å². The molecule has 1 aromatic rings. The third-order valence-electron chi connectivity index (χ3n) is 2.49. The first-order valence-corrected chi connectivity index (χ1v) is 8.97. The molecule has 1 unspecified atom stereocenters. The molecule has 18 heavy (non-hydrogen) atoms. The zero-order valence-electron chi connectivity index (χ0n) is 11.1. The number of nitrogens with one attached hydrogen (secondary N) is 1. The lowest BCUT2D eigenvalue weighted by Gasteiger charge is -2.12. The van der Waals surface area contributed by atoms with Gasteiger partial charge in [0.15, 0.2) is 9.84 Å². The van der Waals surface area contributed by atoms with Gasteiger partial charge in [-0.15, -0.1) is 11.8 Å². The quantitative estimate of drug-likeness (QED) is 0.783. The van der Waals surface area contributed by atoms with Crippen LogP contribution < -0.4 is 5.32 Å². The van der Waals surface area contributed by atoms with Crippen molar-refractivity contribution in [3.63, 3.8) is 0 Å². The largest absolute Gasteiger partial charge is 0.313 e. The van der Waals surface area contributed by atoms with Crippen molar-refractivity contribution in [3.05, 3.63) is 24.3 Å². The molecule has 1 N–H and O–H groups in total. The van der Waals surface area contributed by atoms with Crippen molar-refractivity contribution in [2.45, 2.75) is 36.1 Å². The molecule has 5 heteroatoms. The zero-order valence-corrected chi connectivity index (χ0v) is 12.8. The Morgan fingerprint density at radius 3 is 2.39 bits per heavy atom. The first-order chi connectivity index (χ1) is 8.43. The van der Waals surface area contributed by atoms with E-state index >= 15 is 0 Å². The number of rotatable bonds is 7. The SMILES string of the molecule is CCCNC(C)CSc1ccc(S(C)(=O)=O)cc1. The average molecular weight is 287 g/mol. The third kappa shape index (κ3) is 5.42. The van der Waals surface area contributed by atoms with E-state index in [0.717, 1.165) is 23.6 Å². The van der Waals surface area contributed by atoms with Crippen LogP contribution in [0.4, 0.5) is 0 Å². The van der Waals surface area contributed by atoms with E-state index in [-0.39, 0.29) is 0 Å². The fraction of sp³-hybridized carbons (Fsp3) is 0.538. The number of thioether (sulfide) groups is 1. The smallest absolute Gasteiger partial charge is 0.175 e. The van der Waals surface area contributed by atoms with Gasteiger partial charge in [0.2, 0.25) is 0 Å². The van der Waals surface area contributed by atoms with Gasteiger partial charge in [-0.2, -0.15) is 0 Å². The molecule has 0 heterocycles. The van der Waals surface area contributed by atoms with Crippen LogP contribution in [0.5, 0.6) is 0 Å². The van der Waals surface area contributed by atoms with Crippen molar-refractivity contribution in [1.29, 1.82) is 0 Å². The molecular weight excluding hydrogens is 266 g/mol. The van der Waals surface area contributed by atoms with Crippen LogP contribution in [-0.2, 0) is 9.84 Å². The minimum Gasteiger partial charge on any atom is -0.313 e. The van der Waals surface area contributed by atoms with E-state index in [2.05, 4.69) is 19.2 Å². The highest BCUT2D eigenvalue weighted by atomic mass is 32.2. The third-order valence-corrected chi connectivity index (χ3v) is 4.90. The molecular formula is C13H21NO2S2. The fourth-order valence-corrected chi connectivity index (χ4v) is 2.97. The van der Waals surface area contributed by atoms with Crippen LogP contribution in [0.1, 0.15) is 20.3 Å². The Bertz CT molecular complexity index is 454. The van der Waals surface area contributed by atoms with Crippen LogP contribution in [-0.4, -0.2) is 33.0 Å². The van der Waals surface area contributed by atoms with Crippen molar-refractivity contribution < 1.29 is 8.42 Å². The highest BCUT2D eigenvalue weighted by Crippen LogP contribution is 2.20. The number of hydrogen-bond donors (Lipinski definition) is 1. The summed E-state index contributed by atoms with van der Waals surface area (Å²) >= 11 is 1.74. The van der Waals surface area contributed by atoms with E-state index in [0.29, 0.717) is 10.9 Å². The summed E-state index contributed by atoms with van der Waals surface area (Å²) in [5.74, 6) is 0.984. The lowest BCUT2D eigenvalue weighted by molar-refractivity contribution is 0.590. The van der Waals surface area contributed by atoms with Crippen molar-refractivity contribution in [1.82, 2.24) is 5.32 Å². The Balaban J connectivity index is 2.49. The van der Waals surface area contributed by atoms with E-state index < -0.39 is 9.84 Å². The Kier molecular flexibility index (Phi) is 6.18. The second kappa shape index (κ2) is 7.16. The Hall–Kier alpha value is -0.520. The van der Waals surface area contributed by atoms with Gasteiger partial charge in [-0.3, -0.25) is 0 Å². The van der Waals surface area contributed by atoms with Gasteiger partial charge in [-0.05, 0) is 44.2 Å². The summed E-state index contributed by atoms with van der Waals surface area (Å²) in [7, 11) is -3.08. The zero-order chi connectivity index (χ0) is 13.6. The standard InChI is InChI=1S/C13H21NO2S2/c1-4-9-14-11(2)10-17-12-5-7-13(8-6-12)18(3,15)16/h5-8,11,14H,4,9-10H2,1-3H3. The van der Waals surface area contributed by atoms with Crippen molar-refractivity contribution >= 4 is 21.6 Å². The summed E-state index contributed by atoms with van der Waals surface area (Å²) in [5, 5.41) is 3.42. The normalized spacial score (nSPS) is 13.5. The summed E-state index contributed by atoms with van der Waals surface area (Å²) < 4.78 is 22.6. The van der Waals surface area contributed by atoms with Crippen LogP contribution in [0.3, 0.4) is 0 Å². The molecule has 3 nitrogen and oxygen atoms in total. The Labute approximate surface area is 114 Å². The number of sulfone groups is 1. The van der Waals surface area contributed by atoms with E-state index in [1.54, 1.807) is 23.9 Å². The van der Waals surface area contributed by atoms with E-state index in [1.165, 1.54) is 6.26 Å². The molecule has 0 bridgehead atoms. The molecule has 0 fully saturated rings. The summed E-state index contributed by atoms with van der Waals surface area (Å²) in [6.45, 7) is 5.35. The highest BCUT2D eigenvalue weighted by Gasteiger charge is 2.07. The van der Waals surface area contributed by atoms with Crippen LogP contribution in [0.15, 0.2) is 34.1 Å². The number of benzene rings is 1. The predicted molar refractivity (Wildman–Crippen MR) is 78.0 cm³/mol. The van der Waals surface area contributed by atoms with E-state index in [9.17, 15) is 8.42 Å². The molecule has 0 aliphatic rings. The Morgan fingerprint density at radius 2 is 1.89 bits per heavy atom. The maximum Gasteiger partial charge on any atom is 0.175 e. The molecule has 0 radical (unpaired) electrons. The molecule has 1 atom stereocenters. The topological polar surface area (TPSA) is 46.2 Å². The summed E-state index contributed by atoms with van der Waals surface area (Å²) in [5.41, 5.74) is 0. The fourth-order valence-electron chi connectivity index (χ4n) is 1.45. The van der Waals surface area contributed by atoms with Gasteiger partial charge in [0, 0.05) is 22.9 Å². The molecule has 0 saturated carbocycles. The van der Waals surface area contributed by atoms with Gasteiger partial charge in [0.1, 0.15) is 0 Å². The van der Waals surface area contributed by atoms with Crippen LogP contribution in [0.2, 0.25) is 0 Å². The number of hydrogen-bond acceptors (Lipinski definition) is 4. The van der Waals surface area contributed by atoms with Gasteiger partial charge in [0.25, 0.3) is 0 Å². The predicted octanol–water partition coefficient (Wildman–Crippen LogP) is 2.57. The van der Waals surface area contributed by atoms with Crippen molar-refractivity contribution in [3.8, 4) is 0 Å². The average Bonchev–Trinajstić information content (AvgIpc) is 2.33. The molecule has 1 aromatic carbocycles. The summed E-state index contributed by atoms with van der Waals surface area (Å²) in [6.07, 6.45) is 2.37. The first kappa shape index (κ1) is 15.5. The van der Waals surface area contributed by atoms with Gasteiger partial charge in [-0.25, -0.2) is 8.42 Å². The highest BCUT2D eigenvalue weighted by molar-refractivity contribution is 7.99. The molecule has 102 valence electrons.